The maximum absolute atomic E-state index is 3.43. The van der Waals surface area contributed by atoms with Crippen LogP contribution in [0.1, 0.15) is 23.5 Å². The smallest absolute Gasteiger partial charge is 0.0671 e. The van der Waals surface area contributed by atoms with Crippen LogP contribution in [0.5, 0.6) is 0 Å². The first-order chi connectivity index (χ1) is 5.45. The van der Waals surface area contributed by atoms with Crippen LogP contribution >= 0.6 is 0 Å². The summed E-state index contributed by atoms with van der Waals surface area (Å²) in [6, 6.07) is 10.2. The zero-order valence-corrected chi connectivity index (χ0v) is 6.30. The molecule has 3 rings (SSSR count). The number of rotatable bonds is 0. The van der Waals surface area contributed by atoms with Crippen molar-refractivity contribution in [3.63, 3.8) is 0 Å². The summed E-state index contributed by atoms with van der Waals surface area (Å²) in [6.45, 7) is 1.16. The minimum atomic E-state index is 0.779. The van der Waals surface area contributed by atoms with E-state index in [0.29, 0.717) is 0 Å². The van der Waals surface area contributed by atoms with Gasteiger partial charge in [0.1, 0.15) is 0 Å². The maximum atomic E-state index is 3.43. The molecule has 1 aromatic rings. The van der Waals surface area contributed by atoms with Gasteiger partial charge in [0.15, 0.2) is 0 Å². The number of hydrogen-bond donors (Lipinski definition) is 1. The summed E-state index contributed by atoms with van der Waals surface area (Å²) in [6.07, 6.45) is 1.25. The van der Waals surface area contributed by atoms with Crippen LogP contribution in [-0.4, -0.2) is 6.54 Å². The molecular formula is C10H10N. The third kappa shape index (κ3) is 0.641. The number of benzene rings is 1. The quantitative estimate of drug-likeness (QED) is 0.584. The fraction of sp³-hybridized carbons (Fsp3) is 0.300. The van der Waals surface area contributed by atoms with E-state index < -0.39 is 0 Å². The molecule has 1 atom stereocenters. The molecule has 11 heavy (non-hydrogen) atoms. The van der Waals surface area contributed by atoms with Crippen molar-refractivity contribution in [3.8, 4) is 0 Å². The Morgan fingerprint density at radius 1 is 1.27 bits per heavy atom. The SMILES string of the molecule is c1ccc2c(c1)[C]1CC2CN1. The lowest BCUT2D eigenvalue weighted by Crippen LogP contribution is -2.19. The van der Waals surface area contributed by atoms with Gasteiger partial charge >= 0.3 is 0 Å². The molecule has 0 saturated carbocycles. The van der Waals surface area contributed by atoms with Gasteiger partial charge in [0, 0.05) is 6.54 Å². The van der Waals surface area contributed by atoms with Gasteiger partial charge in [-0.15, -0.1) is 0 Å². The Labute approximate surface area is 66.4 Å². The molecule has 55 valence electrons. The number of nitrogens with one attached hydrogen (secondary N) is 1. The van der Waals surface area contributed by atoms with Crippen molar-refractivity contribution in [2.24, 2.45) is 0 Å². The summed E-state index contributed by atoms with van der Waals surface area (Å²) in [5.74, 6) is 0.779. The van der Waals surface area contributed by atoms with E-state index in [-0.39, 0.29) is 0 Å². The van der Waals surface area contributed by atoms with Crippen LogP contribution < -0.4 is 5.32 Å². The van der Waals surface area contributed by atoms with Gasteiger partial charge < -0.3 is 5.32 Å². The summed E-state index contributed by atoms with van der Waals surface area (Å²) in [4.78, 5) is 0. The third-order valence-electron chi connectivity index (χ3n) is 2.74. The molecule has 1 aliphatic carbocycles. The average molecular weight is 144 g/mol. The van der Waals surface area contributed by atoms with Gasteiger partial charge in [-0.1, -0.05) is 24.3 Å². The van der Waals surface area contributed by atoms with Crippen molar-refractivity contribution in [2.75, 3.05) is 6.54 Å². The Morgan fingerprint density at radius 3 is 3.09 bits per heavy atom. The van der Waals surface area contributed by atoms with Crippen molar-refractivity contribution in [3.05, 3.63) is 41.4 Å². The highest BCUT2D eigenvalue weighted by Crippen LogP contribution is 2.43. The van der Waals surface area contributed by atoms with E-state index in [2.05, 4.69) is 29.6 Å². The van der Waals surface area contributed by atoms with E-state index in [4.69, 9.17) is 0 Å². The molecule has 1 radical (unpaired) electrons. The third-order valence-corrected chi connectivity index (χ3v) is 2.74. The molecule has 1 saturated heterocycles. The minimum absolute atomic E-state index is 0.779. The molecule has 1 aromatic carbocycles. The second-order valence-corrected chi connectivity index (χ2v) is 3.35. The van der Waals surface area contributed by atoms with Crippen molar-refractivity contribution < 1.29 is 0 Å². The first-order valence-corrected chi connectivity index (χ1v) is 4.14. The highest BCUT2D eigenvalue weighted by atomic mass is 15.0. The van der Waals surface area contributed by atoms with E-state index in [9.17, 15) is 0 Å². The summed E-state index contributed by atoms with van der Waals surface area (Å²) >= 11 is 0. The summed E-state index contributed by atoms with van der Waals surface area (Å²) in [5.41, 5.74) is 3.02. The van der Waals surface area contributed by atoms with Crippen LogP contribution in [0.2, 0.25) is 0 Å². The molecule has 1 heteroatoms. The molecule has 1 N–H and O–H groups in total. The van der Waals surface area contributed by atoms with Crippen LogP contribution in [0.15, 0.2) is 24.3 Å². The van der Waals surface area contributed by atoms with E-state index in [1.807, 2.05) is 0 Å². The van der Waals surface area contributed by atoms with E-state index in [1.165, 1.54) is 18.0 Å². The molecular weight excluding hydrogens is 134 g/mol. The van der Waals surface area contributed by atoms with Crippen LogP contribution in [0.4, 0.5) is 0 Å². The highest BCUT2D eigenvalue weighted by molar-refractivity contribution is 5.48. The Balaban J connectivity index is 2.23. The lowest BCUT2D eigenvalue weighted by molar-refractivity contribution is 0.750. The molecule has 0 spiro atoms. The van der Waals surface area contributed by atoms with Gasteiger partial charge in [0.25, 0.3) is 0 Å². The lowest BCUT2D eigenvalue weighted by Gasteiger charge is -2.14. The second-order valence-electron chi connectivity index (χ2n) is 3.35. The lowest BCUT2D eigenvalue weighted by atomic mass is 10.0. The summed E-state index contributed by atoms with van der Waals surface area (Å²) in [5, 5.41) is 3.43. The predicted molar refractivity (Wildman–Crippen MR) is 44.1 cm³/mol. The molecule has 1 heterocycles. The van der Waals surface area contributed by atoms with Crippen molar-refractivity contribution in [2.45, 2.75) is 12.3 Å². The van der Waals surface area contributed by atoms with Crippen molar-refractivity contribution >= 4 is 0 Å². The van der Waals surface area contributed by atoms with Gasteiger partial charge in [0.2, 0.25) is 0 Å². The Hall–Kier alpha value is -0.820. The van der Waals surface area contributed by atoms with Gasteiger partial charge in [-0.3, -0.25) is 0 Å². The first-order valence-electron chi connectivity index (χ1n) is 4.14. The highest BCUT2D eigenvalue weighted by Gasteiger charge is 2.36. The Bertz CT molecular complexity index is 264. The first kappa shape index (κ1) is 5.78. The Morgan fingerprint density at radius 2 is 2.18 bits per heavy atom. The van der Waals surface area contributed by atoms with Crippen LogP contribution in [0.3, 0.4) is 0 Å². The van der Waals surface area contributed by atoms with Crippen molar-refractivity contribution in [1.82, 2.24) is 5.32 Å². The van der Waals surface area contributed by atoms with E-state index in [0.717, 1.165) is 12.5 Å². The van der Waals surface area contributed by atoms with Crippen LogP contribution in [0, 0.1) is 6.04 Å². The molecule has 1 fully saturated rings. The molecule has 1 aliphatic heterocycles. The maximum Gasteiger partial charge on any atom is 0.0671 e. The minimum Gasteiger partial charge on any atom is -0.305 e. The van der Waals surface area contributed by atoms with Gasteiger partial charge in [0.05, 0.1) is 6.04 Å². The van der Waals surface area contributed by atoms with Gasteiger partial charge in [-0.2, -0.15) is 0 Å². The van der Waals surface area contributed by atoms with Crippen LogP contribution in [0.25, 0.3) is 0 Å². The largest absolute Gasteiger partial charge is 0.305 e. The molecule has 0 aromatic heterocycles. The van der Waals surface area contributed by atoms with Gasteiger partial charge in [-0.05, 0) is 23.5 Å². The second kappa shape index (κ2) is 1.86. The molecule has 0 amide bonds. The molecule has 2 bridgehead atoms. The fourth-order valence-electron chi connectivity index (χ4n) is 2.19. The van der Waals surface area contributed by atoms with E-state index in [1.54, 1.807) is 5.56 Å². The standard InChI is InChI=1S/C10H10N/c1-2-4-9-8(3-1)7-5-10(9)11-6-7/h1-4,7,11H,5-6H2. The fourth-order valence-corrected chi connectivity index (χ4v) is 2.19. The Kier molecular flexibility index (Phi) is 0.977. The van der Waals surface area contributed by atoms with Gasteiger partial charge in [-0.25, -0.2) is 0 Å². The number of hydrogen-bond acceptors (Lipinski definition) is 1. The predicted octanol–water partition coefficient (Wildman–Crippen LogP) is 1.66. The van der Waals surface area contributed by atoms with Crippen LogP contribution in [-0.2, 0) is 0 Å². The summed E-state index contributed by atoms with van der Waals surface area (Å²) < 4.78 is 0. The normalized spacial score (nSPS) is 27.5. The monoisotopic (exact) mass is 144 g/mol. The average Bonchev–Trinajstić information content (AvgIpc) is 2.64. The van der Waals surface area contributed by atoms with Crippen molar-refractivity contribution in [1.29, 1.82) is 0 Å². The molecule has 2 aliphatic rings. The van der Waals surface area contributed by atoms with E-state index >= 15 is 0 Å². The zero-order chi connectivity index (χ0) is 7.26. The zero-order valence-electron chi connectivity index (χ0n) is 6.30. The number of fused-ring (bicyclic) bond motifs is 5. The summed E-state index contributed by atoms with van der Waals surface area (Å²) in [7, 11) is 0. The topological polar surface area (TPSA) is 12.0 Å². The molecule has 1 unspecified atom stereocenters. The molecule has 1 nitrogen and oxygen atoms in total.